The molecule has 2 N–H and O–H groups in total. The lowest BCUT2D eigenvalue weighted by atomic mass is 9.94. The van der Waals surface area contributed by atoms with Crippen molar-refractivity contribution in [2.45, 2.75) is 77.0 Å². The Bertz CT molecular complexity index is 349. The van der Waals surface area contributed by atoms with Gasteiger partial charge in [-0.3, -0.25) is 9.59 Å². The third-order valence-electron chi connectivity index (χ3n) is 3.45. The van der Waals surface area contributed by atoms with Gasteiger partial charge in [0.15, 0.2) is 0 Å². The number of aliphatic carboxylic acids is 1. The van der Waals surface area contributed by atoms with Gasteiger partial charge in [0.05, 0.1) is 17.2 Å². The summed E-state index contributed by atoms with van der Waals surface area (Å²) in [5.74, 6) is -0.836. The molecular weight excluding hydrogens is 246 g/mol. The second kappa shape index (κ2) is 5.90. The number of carbonyl (C=O) groups is 2. The molecule has 0 spiro atoms. The van der Waals surface area contributed by atoms with Crippen LogP contribution in [0.25, 0.3) is 0 Å². The van der Waals surface area contributed by atoms with Crippen molar-refractivity contribution in [2.24, 2.45) is 0 Å². The van der Waals surface area contributed by atoms with Crippen LogP contribution in [0.15, 0.2) is 0 Å². The first-order valence-corrected chi connectivity index (χ1v) is 6.84. The summed E-state index contributed by atoms with van der Waals surface area (Å²) in [5, 5.41) is 11.5. The number of nitrogens with one attached hydrogen (secondary N) is 1. The summed E-state index contributed by atoms with van der Waals surface area (Å²) in [4.78, 5) is 22.2. The van der Waals surface area contributed by atoms with Gasteiger partial charge in [-0.25, -0.2) is 0 Å². The molecule has 19 heavy (non-hydrogen) atoms. The van der Waals surface area contributed by atoms with E-state index in [0.29, 0.717) is 19.3 Å². The predicted molar refractivity (Wildman–Crippen MR) is 71.9 cm³/mol. The maximum Gasteiger partial charge on any atom is 0.303 e. The molecule has 1 saturated heterocycles. The lowest BCUT2D eigenvalue weighted by Gasteiger charge is -2.27. The van der Waals surface area contributed by atoms with Crippen molar-refractivity contribution in [2.75, 3.05) is 0 Å². The van der Waals surface area contributed by atoms with Crippen LogP contribution in [0.3, 0.4) is 0 Å². The number of unbranched alkanes of at least 4 members (excludes halogenated alkanes) is 1. The maximum absolute atomic E-state index is 11.8. The van der Waals surface area contributed by atoms with Gasteiger partial charge >= 0.3 is 5.97 Å². The van der Waals surface area contributed by atoms with Crippen LogP contribution >= 0.6 is 0 Å². The van der Waals surface area contributed by atoms with E-state index in [1.54, 1.807) is 0 Å². The summed E-state index contributed by atoms with van der Waals surface area (Å²) >= 11 is 0. The highest BCUT2D eigenvalue weighted by atomic mass is 16.5. The highest BCUT2D eigenvalue weighted by Crippen LogP contribution is 2.37. The Kier molecular flexibility index (Phi) is 4.96. The van der Waals surface area contributed by atoms with Gasteiger partial charge in [-0.05, 0) is 47.0 Å². The minimum absolute atomic E-state index is 0.00877. The number of amides is 1. The van der Waals surface area contributed by atoms with Crippen LogP contribution in [0.2, 0.25) is 0 Å². The summed E-state index contributed by atoms with van der Waals surface area (Å²) in [7, 11) is 0. The summed E-state index contributed by atoms with van der Waals surface area (Å²) in [6.45, 7) is 8.01. The van der Waals surface area contributed by atoms with Crippen molar-refractivity contribution in [3.05, 3.63) is 0 Å². The molecule has 110 valence electrons. The Morgan fingerprint density at radius 3 is 2.26 bits per heavy atom. The zero-order chi connectivity index (χ0) is 14.7. The monoisotopic (exact) mass is 271 g/mol. The smallest absolute Gasteiger partial charge is 0.303 e. The first-order valence-electron chi connectivity index (χ1n) is 6.84. The molecule has 1 rings (SSSR count). The quantitative estimate of drug-likeness (QED) is 0.725. The molecule has 0 radical (unpaired) electrons. The molecule has 0 aromatic carbocycles. The Balaban J connectivity index is 2.34. The van der Waals surface area contributed by atoms with E-state index in [1.165, 1.54) is 0 Å². The molecule has 1 atom stereocenters. The fourth-order valence-electron chi connectivity index (χ4n) is 2.62. The molecule has 0 aliphatic carbocycles. The molecule has 1 heterocycles. The van der Waals surface area contributed by atoms with Crippen LogP contribution in [0.4, 0.5) is 0 Å². The van der Waals surface area contributed by atoms with Crippen LogP contribution < -0.4 is 5.32 Å². The number of carboxylic acids is 1. The number of hydrogen-bond donors (Lipinski definition) is 2. The molecule has 0 bridgehead atoms. The molecule has 1 aliphatic heterocycles. The molecule has 5 heteroatoms. The van der Waals surface area contributed by atoms with Gasteiger partial charge in [0.1, 0.15) is 0 Å². The van der Waals surface area contributed by atoms with Crippen molar-refractivity contribution in [1.29, 1.82) is 0 Å². The topological polar surface area (TPSA) is 75.6 Å². The highest BCUT2D eigenvalue weighted by Gasteiger charge is 2.46. The van der Waals surface area contributed by atoms with E-state index in [0.717, 1.165) is 6.42 Å². The van der Waals surface area contributed by atoms with E-state index in [4.69, 9.17) is 9.84 Å². The zero-order valence-electron chi connectivity index (χ0n) is 12.3. The summed E-state index contributed by atoms with van der Waals surface area (Å²) < 4.78 is 5.91. The van der Waals surface area contributed by atoms with E-state index in [-0.39, 0.29) is 29.6 Å². The normalized spacial score (nSPS) is 24.1. The first kappa shape index (κ1) is 16.0. The van der Waals surface area contributed by atoms with E-state index >= 15 is 0 Å². The largest absolute Gasteiger partial charge is 0.481 e. The summed E-state index contributed by atoms with van der Waals surface area (Å²) in [5.41, 5.74) is -0.578. The molecule has 1 aliphatic rings. The SMILES string of the molecule is CC1(C)CC(NC(=O)CCCCC(=O)O)C(C)(C)O1. The second-order valence-corrected chi connectivity index (χ2v) is 6.39. The lowest BCUT2D eigenvalue weighted by Crippen LogP contribution is -2.46. The van der Waals surface area contributed by atoms with Crippen molar-refractivity contribution < 1.29 is 19.4 Å². The zero-order valence-corrected chi connectivity index (χ0v) is 12.3. The van der Waals surface area contributed by atoms with Gasteiger partial charge in [0, 0.05) is 12.8 Å². The lowest BCUT2D eigenvalue weighted by molar-refractivity contribution is -0.137. The number of ether oxygens (including phenoxy) is 1. The molecule has 5 nitrogen and oxygen atoms in total. The van der Waals surface area contributed by atoms with E-state index in [2.05, 4.69) is 5.32 Å². The van der Waals surface area contributed by atoms with Gasteiger partial charge in [-0.15, -0.1) is 0 Å². The third-order valence-corrected chi connectivity index (χ3v) is 3.45. The number of hydrogen-bond acceptors (Lipinski definition) is 3. The van der Waals surface area contributed by atoms with Crippen molar-refractivity contribution >= 4 is 11.9 Å². The van der Waals surface area contributed by atoms with Crippen molar-refractivity contribution in [1.82, 2.24) is 5.32 Å². The average molecular weight is 271 g/mol. The fourth-order valence-corrected chi connectivity index (χ4v) is 2.62. The van der Waals surface area contributed by atoms with Crippen LogP contribution in [-0.4, -0.2) is 34.2 Å². The Morgan fingerprint density at radius 2 is 1.79 bits per heavy atom. The molecule has 1 fully saturated rings. The van der Waals surface area contributed by atoms with Crippen molar-refractivity contribution in [3.63, 3.8) is 0 Å². The Hall–Kier alpha value is -1.10. The average Bonchev–Trinajstić information content (AvgIpc) is 2.41. The maximum atomic E-state index is 11.8. The highest BCUT2D eigenvalue weighted by molar-refractivity contribution is 5.76. The van der Waals surface area contributed by atoms with Gasteiger partial charge in [-0.1, -0.05) is 0 Å². The summed E-state index contributed by atoms with van der Waals surface area (Å²) in [6.07, 6.45) is 2.44. The first-order chi connectivity index (χ1) is 8.62. The number of rotatable bonds is 6. The number of carbonyl (C=O) groups excluding carboxylic acids is 1. The molecule has 1 amide bonds. The second-order valence-electron chi connectivity index (χ2n) is 6.39. The molecule has 0 aromatic heterocycles. The molecule has 0 saturated carbocycles. The Morgan fingerprint density at radius 1 is 1.21 bits per heavy atom. The van der Waals surface area contributed by atoms with Crippen LogP contribution in [-0.2, 0) is 14.3 Å². The van der Waals surface area contributed by atoms with E-state index < -0.39 is 5.97 Å². The van der Waals surface area contributed by atoms with Crippen LogP contribution in [0.1, 0.15) is 59.8 Å². The van der Waals surface area contributed by atoms with Crippen LogP contribution in [0.5, 0.6) is 0 Å². The van der Waals surface area contributed by atoms with E-state index in [9.17, 15) is 9.59 Å². The summed E-state index contributed by atoms with van der Waals surface area (Å²) in [6, 6.07) is 0.00877. The van der Waals surface area contributed by atoms with Crippen molar-refractivity contribution in [3.8, 4) is 0 Å². The predicted octanol–water partition coefficient (Wildman–Crippen LogP) is 2.09. The van der Waals surface area contributed by atoms with E-state index in [1.807, 2.05) is 27.7 Å². The minimum atomic E-state index is -0.813. The molecule has 1 unspecified atom stereocenters. The van der Waals surface area contributed by atoms with Gasteiger partial charge in [0.2, 0.25) is 5.91 Å². The molecular formula is C14H25NO4. The minimum Gasteiger partial charge on any atom is -0.481 e. The fraction of sp³-hybridized carbons (Fsp3) is 0.857. The van der Waals surface area contributed by atoms with Gasteiger partial charge in [0.25, 0.3) is 0 Å². The van der Waals surface area contributed by atoms with Gasteiger partial charge in [-0.2, -0.15) is 0 Å². The van der Waals surface area contributed by atoms with Gasteiger partial charge < -0.3 is 15.2 Å². The Labute approximate surface area is 114 Å². The standard InChI is InChI=1S/C14H25NO4/c1-13(2)9-10(14(3,4)19-13)15-11(16)7-5-6-8-12(17)18/h10H,5-9H2,1-4H3,(H,15,16)(H,17,18). The third kappa shape index (κ3) is 5.19. The van der Waals surface area contributed by atoms with Crippen LogP contribution in [0, 0.1) is 0 Å². The number of carboxylic acid groups (broad SMARTS) is 1. The molecule has 0 aromatic rings.